The first-order valence-electron chi connectivity index (χ1n) is 2.43. The van der Waals surface area contributed by atoms with Crippen molar-refractivity contribution in [3.63, 3.8) is 0 Å². The van der Waals surface area contributed by atoms with Crippen LogP contribution in [0.15, 0.2) is 0 Å². The lowest BCUT2D eigenvalue weighted by atomic mass is 10.7. The van der Waals surface area contributed by atoms with E-state index in [1.54, 1.807) is 0 Å². The molecular formula is C3H8NO5P. The van der Waals surface area contributed by atoms with Crippen molar-refractivity contribution in [1.82, 2.24) is 5.32 Å². The van der Waals surface area contributed by atoms with Gasteiger partial charge >= 0.3 is 13.7 Å². The zero-order valence-electron chi connectivity index (χ0n) is 5.02. The van der Waals surface area contributed by atoms with Crippen molar-refractivity contribution in [3.8, 4) is 0 Å². The highest BCUT2D eigenvalue weighted by atomic mass is 31.2. The predicted molar refractivity (Wildman–Crippen MR) is 32.9 cm³/mol. The van der Waals surface area contributed by atoms with E-state index in [4.69, 9.17) is 14.9 Å². The zero-order valence-corrected chi connectivity index (χ0v) is 5.91. The van der Waals surface area contributed by atoms with Gasteiger partial charge in [0.15, 0.2) is 0 Å². The van der Waals surface area contributed by atoms with Gasteiger partial charge in [-0.2, -0.15) is 0 Å². The highest BCUT2D eigenvalue weighted by Gasteiger charge is 2.11. The van der Waals surface area contributed by atoms with E-state index in [9.17, 15) is 9.36 Å². The van der Waals surface area contributed by atoms with Crippen LogP contribution in [0.25, 0.3) is 0 Å². The van der Waals surface area contributed by atoms with Gasteiger partial charge in [-0.3, -0.25) is 4.57 Å². The van der Waals surface area contributed by atoms with Gasteiger partial charge in [0, 0.05) is 6.54 Å². The first-order valence-corrected chi connectivity index (χ1v) is 4.23. The fraction of sp³-hybridized carbons (Fsp3) is 0.667. The van der Waals surface area contributed by atoms with Gasteiger partial charge in [0.25, 0.3) is 0 Å². The summed E-state index contributed by atoms with van der Waals surface area (Å²) in [6.45, 7) is -0.223. The molecule has 0 aromatic heterocycles. The maximum Gasteiger partial charge on any atom is 0.404 e. The lowest BCUT2D eigenvalue weighted by Gasteiger charge is -2.01. The molecule has 0 aliphatic carbocycles. The molecule has 0 aromatic rings. The normalized spacial score (nSPS) is 11.0. The number of carbonyl (C=O) groups is 1. The molecule has 7 heteroatoms. The van der Waals surface area contributed by atoms with E-state index >= 15 is 0 Å². The Labute approximate surface area is 57.0 Å². The van der Waals surface area contributed by atoms with Crippen molar-refractivity contribution in [3.05, 3.63) is 0 Å². The van der Waals surface area contributed by atoms with Gasteiger partial charge in [0.2, 0.25) is 0 Å². The molecule has 10 heavy (non-hydrogen) atoms. The van der Waals surface area contributed by atoms with E-state index in [0.29, 0.717) is 0 Å². The van der Waals surface area contributed by atoms with Crippen LogP contribution in [0.2, 0.25) is 0 Å². The summed E-state index contributed by atoms with van der Waals surface area (Å²) in [6.07, 6.45) is -1.74. The summed E-state index contributed by atoms with van der Waals surface area (Å²) in [5.74, 6) is 0. The smallest absolute Gasteiger partial charge is 0.404 e. The molecule has 0 aliphatic heterocycles. The molecule has 0 aliphatic rings. The Kier molecular flexibility index (Phi) is 3.35. The Bertz CT molecular complexity index is 162. The maximum absolute atomic E-state index is 10.1. The van der Waals surface area contributed by atoms with E-state index in [1.807, 2.05) is 5.32 Å². The van der Waals surface area contributed by atoms with Crippen molar-refractivity contribution in [2.24, 2.45) is 0 Å². The summed E-state index contributed by atoms with van der Waals surface area (Å²) < 4.78 is 10.1. The molecule has 0 saturated heterocycles. The maximum atomic E-state index is 10.1. The SMILES string of the molecule is O=C(O)NCCP(=O)(O)O. The number of rotatable bonds is 3. The number of carboxylic acid groups (broad SMARTS) is 1. The van der Waals surface area contributed by atoms with Crippen molar-refractivity contribution in [1.29, 1.82) is 0 Å². The summed E-state index contributed by atoms with van der Waals surface area (Å²) in [5, 5.41) is 9.77. The van der Waals surface area contributed by atoms with Crippen LogP contribution in [0.3, 0.4) is 0 Å². The second-order valence-electron chi connectivity index (χ2n) is 1.62. The second-order valence-corrected chi connectivity index (χ2v) is 3.40. The third-order valence-electron chi connectivity index (χ3n) is 0.679. The van der Waals surface area contributed by atoms with Crippen LogP contribution < -0.4 is 5.32 Å². The number of hydrogen-bond donors (Lipinski definition) is 4. The topological polar surface area (TPSA) is 107 Å². The molecule has 6 nitrogen and oxygen atoms in total. The number of nitrogens with one attached hydrogen (secondary N) is 1. The van der Waals surface area contributed by atoms with Gasteiger partial charge < -0.3 is 20.2 Å². The summed E-state index contributed by atoms with van der Waals surface area (Å²) in [4.78, 5) is 26.1. The highest BCUT2D eigenvalue weighted by Crippen LogP contribution is 2.32. The number of hydrogen-bond acceptors (Lipinski definition) is 2. The highest BCUT2D eigenvalue weighted by molar-refractivity contribution is 7.51. The molecule has 0 unspecified atom stereocenters. The van der Waals surface area contributed by atoms with Crippen molar-refractivity contribution < 1.29 is 24.3 Å². The molecular weight excluding hydrogens is 161 g/mol. The van der Waals surface area contributed by atoms with Crippen LogP contribution in [0.4, 0.5) is 4.79 Å². The lowest BCUT2D eigenvalue weighted by Crippen LogP contribution is -2.24. The van der Waals surface area contributed by atoms with E-state index in [1.165, 1.54) is 0 Å². The molecule has 0 rings (SSSR count). The van der Waals surface area contributed by atoms with Crippen LogP contribution in [-0.4, -0.2) is 33.7 Å². The fourth-order valence-corrected chi connectivity index (χ4v) is 0.712. The monoisotopic (exact) mass is 169 g/mol. The van der Waals surface area contributed by atoms with Crippen molar-refractivity contribution >= 4 is 13.7 Å². The summed E-state index contributed by atoms with van der Waals surface area (Å²) in [5.41, 5.74) is 0. The van der Waals surface area contributed by atoms with E-state index in [0.717, 1.165) is 0 Å². The minimum atomic E-state index is -4.05. The van der Waals surface area contributed by atoms with Crippen LogP contribution in [0.1, 0.15) is 0 Å². The Morgan fingerprint density at radius 1 is 1.50 bits per heavy atom. The Hall–Kier alpha value is -0.580. The molecule has 0 heterocycles. The van der Waals surface area contributed by atoms with Crippen LogP contribution in [0.5, 0.6) is 0 Å². The first-order chi connectivity index (χ1) is 4.42. The Morgan fingerprint density at radius 2 is 2.00 bits per heavy atom. The van der Waals surface area contributed by atoms with Crippen LogP contribution in [-0.2, 0) is 4.57 Å². The summed E-state index contributed by atoms with van der Waals surface area (Å²) in [6, 6.07) is 0. The fourth-order valence-electron chi connectivity index (χ4n) is 0.308. The van der Waals surface area contributed by atoms with Gasteiger partial charge in [0.05, 0.1) is 6.16 Å². The third kappa shape index (κ3) is 7.42. The third-order valence-corrected chi connectivity index (χ3v) is 1.49. The second kappa shape index (κ2) is 3.55. The van der Waals surface area contributed by atoms with Crippen LogP contribution >= 0.6 is 7.60 Å². The lowest BCUT2D eigenvalue weighted by molar-refractivity contribution is 0.195. The average Bonchev–Trinajstić information content (AvgIpc) is 1.59. The molecule has 0 bridgehead atoms. The van der Waals surface area contributed by atoms with Gasteiger partial charge in [-0.25, -0.2) is 4.79 Å². The standard InChI is InChI=1S/C3H8NO5P/c5-3(6)4-1-2-10(7,8)9/h4H,1-2H2,(H,5,6)(H2,7,8,9). The Morgan fingerprint density at radius 3 is 2.30 bits per heavy atom. The average molecular weight is 169 g/mol. The van der Waals surface area contributed by atoms with E-state index in [2.05, 4.69) is 0 Å². The minimum Gasteiger partial charge on any atom is -0.465 e. The van der Waals surface area contributed by atoms with Gasteiger partial charge in [-0.05, 0) is 0 Å². The molecule has 0 atom stereocenters. The molecule has 60 valence electrons. The van der Waals surface area contributed by atoms with Crippen molar-refractivity contribution in [2.75, 3.05) is 12.7 Å². The molecule has 0 radical (unpaired) electrons. The van der Waals surface area contributed by atoms with Crippen molar-refractivity contribution in [2.45, 2.75) is 0 Å². The summed E-state index contributed by atoms with van der Waals surface area (Å²) in [7, 11) is -4.05. The van der Waals surface area contributed by atoms with E-state index in [-0.39, 0.29) is 6.54 Å². The first kappa shape index (κ1) is 9.42. The van der Waals surface area contributed by atoms with E-state index < -0.39 is 19.9 Å². The largest absolute Gasteiger partial charge is 0.465 e. The number of amides is 1. The molecule has 0 saturated carbocycles. The predicted octanol–water partition coefficient (Wildman–Crippen LogP) is -0.568. The molecule has 1 amide bonds. The molecule has 4 N–H and O–H groups in total. The van der Waals surface area contributed by atoms with Gasteiger partial charge in [0.1, 0.15) is 0 Å². The minimum absolute atomic E-state index is 0.223. The quantitative estimate of drug-likeness (QED) is 0.423. The molecule has 0 spiro atoms. The van der Waals surface area contributed by atoms with Gasteiger partial charge in [-0.1, -0.05) is 0 Å². The van der Waals surface area contributed by atoms with Crippen LogP contribution in [0, 0.1) is 0 Å². The zero-order chi connectivity index (χ0) is 8.20. The van der Waals surface area contributed by atoms with Gasteiger partial charge in [-0.15, -0.1) is 0 Å². The molecule has 0 fully saturated rings. The Balaban J connectivity index is 3.39. The molecule has 0 aromatic carbocycles. The summed E-state index contributed by atoms with van der Waals surface area (Å²) >= 11 is 0.